The summed E-state index contributed by atoms with van der Waals surface area (Å²) in [5.74, 6) is 6.27. The molecule has 2 heterocycles. The molecule has 0 bridgehead atoms. The van der Waals surface area contributed by atoms with Crippen LogP contribution in [0.25, 0.3) is 0 Å². The van der Waals surface area contributed by atoms with Crippen molar-refractivity contribution < 1.29 is 9.53 Å². The number of nitrogen functional groups attached to an aromatic ring is 1. The van der Waals surface area contributed by atoms with Crippen molar-refractivity contribution in [3.05, 3.63) is 0 Å². The van der Waals surface area contributed by atoms with Crippen molar-refractivity contribution in [3.8, 4) is 6.01 Å². The maximum Gasteiger partial charge on any atom is 0.323 e. The molecule has 9 nitrogen and oxygen atoms in total. The summed E-state index contributed by atoms with van der Waals surface area (Å²) in [5.41, 5.74) is 2.41. The smallest absolute Gasteiger partial charge is 0.323 e. The molecule has 1 fully saturated rings. The fraction of sp³-hybridized carbons (Fsp3) is 0.667. The largest absolute Gasteiger partial charge is 0.464 e. The minimum Gasteiger partial charge on any atom is -0.464 e. The molecule has 1 aliphatic rings. The van der Waals surface area contributed by atoms with Gasteiger partial charge in [-0.25, -0.2) is 5.84 Å². The zero-order valence-electron chi connectivity index (χ0n) is 12.3. The molecule has 116 valence electrons. The van der Waals surface area contributed by atoms with E-state index >= 15 is 0 Å². The average molecular weight is 295 g/mol. The van der Waals surface area contributed by atoms with Crippen molar-refractivity contribution in [2.24, 2.45) is 11.8 Å². The summed E-state index contributed by atoms with van der Waals surface area (Å²) in [6.45, 7) is 3.73. The first-order valence-electron chi connectivity index (χ1n) is 7.00. The summed E-state index contributed by atoms with van der Waals surface area (Å²) in [6.07, 6.45) is 1.53. The third-order valence-corrected chi connectivity index (χ3v) is 3.40. The van der Waals surface area contributed by atoms with E-state index < -0.39 is 0 Å². The molecule has 0 aromatic carbocycles. The Kier molecular flexibility index (Phi) is 5.09. The highest BCUT2D eigenvalue weighted by atomic mass is 16.5. The Hall–Kier alpha value is -2.16. The summed E-state index contributed by atoms with van der Waals surface area (Å²) in [5, 5.41) is 2.69. The van der Waals surface area contributed by atoms with Gasteiger partial charge in [0.25, 0.3) is 0 Å². The van der Waals surface area contributed by atoms with Crippen molar-refractivity contribution in [1.82, 2.24) is 20.3 Å². The van der Waals surface area contributed by atoms with Crippen LogP contribution in [0.3, 0.4) is 0 Å². The monoisotopic (exact) mass is 295 g/mol. The number of nitrogens with zero attached hydrogens (tertiary/aromatic N) is 4. The fourth-order valence-corrected chi connectivity index (χ4v) is 2.29. The van der Waals surface area contributed by atoms with Crippen LogP contribution in [0.5, 0.6) is 6.01 Å². The lowest BCUT2D eigenvalue weighted by Gasteiger charge is -2.31. The molecule has 0 atom stereocenters. The van der Waals surface area contributed by atoms with E-state index in [1.165, 1.54) is 0 Å². The van der Waals surface area contributed by atoms with Gasteiger partial charge in [-0.2, -0.15) is 15.0 Å². The molecule has 1 aromatic rings. The number of nitrogens with one attached hydrogen (secondary N) is 2. The molecule has 0 aliphatic carbocycles. The highest BCUT2D eigenvalue weighted by molar-refractivity contribution is 5.78. The normalized spacial score (nSPS) is 15.7. The molecular weight excluding hydrogens is 274 g/mol. The molecule has 1 aliphatic heterocycles. The van der Waals surface area contributed by atoms with E-state index in [1.54, 1.807) is 7.05 Å². The summed E-state index contributed by atoms with van der Waals surface area (Å²) in [6, 6.07) is 0.240. The van der Waals surface area contributed by atoms with Crippen LogP contribution in [0.4, 0.5) is 11.9 Å². The van der Waals surface area contributed by atoms with E-state index in [2.05, 4.69) is 25.7 Å². The second-order valence-electron chi connectivity index (χ2n) is 4.69. The highest BCUT2D eigenvalue weighted by Crippen LogP contribution is 2.22. The SMILES string of the molecule is CCOc1nc(NN)nc(N2CCC(C(=O)NC)CC2)n1. The van der Waals surface area contributed by atoms with Gasteiger partial charge in [0.2, 0.25) is 17.8 Å². The van der Waals surface area contributed by atoms with Gasteiger partial charge >= 0.3 is 6.01 Å². The van der Waals surface area contributed by atoms with Crippen LogP contribution in [-0.2, 0) is 4.79 Å². The Balaban J connectivity index is 2.08. The van der Waals surface area contributed by atoms with Crippen LogP contribution < -0.4 is 26.2 Å². The van der Waals surface area contributed by atoms with Crippen molar-refractivity contribution >= 4 is 17.8 Å². The molecule has 1 amide bonds. The summed E-state index contributed by atoms with van der Waals surface area (Å²) < 4.78 is 5.31. The van der Waals surface area contributed by atoms with Crippen LogP contribution >= 0.6 is 0 Å². The number of nitrogens with two attached hydrogens (primary N) is 1. The predicted octanol–water partition coefficient (Wildman–Crippen LogP) is -0.482. The number of carbonyl (C=O) groups is 1. The van der Waals surface area contributed by atoms with Gasteiger partial charge in [-0.3, -0.25) is 10.2 Å². The predicted molar refractivity (Wildman–Crippen MR) is 77.8 cm³/mol. The lowest BCUT2D eigenvalue weighted by atomic mass is 9.96. The fourth-order valence-electron chi connectivity index (χ4n) is 2.29. The lowest BCUT2D eigenvalue weighted by molar-refractivity contribution is -0.125. The van der Waals surface area contributed by atoms with Crippen LogP contribution in [0.1, 0.15) is 19.8 Å². The summed E-state index contributed by atoms with van der Waals surface area (Å²) >= 11 is 0. The molecule has 1 saturated heterocycles. The number of ether oxygens (including phenoxy) is 1. The maximum atomic E-state index is 11.6. The first-order valence-corrected chi connectivity index (χ1v) is 7.00. The van der Waals surface area contributed by atoms with E-state index in [9.17, 15) is 4.79 Å². The zero-order valence-corrected chi connectivity index (χ0v) is 12.3. The third-order valence-electron chi connectivity index (χ3n) is 3.40. The highest BCUT2D eigenvalue weighted by Gasteiger charge is 2.26. The number of hydrazine groups is 1. The molecule has 0 spiro atoms. The Morgan fingerprint density at radius 1 is 1.38 bits per heavy atom. The van der Waals surface area contributed by atoms with Crippen molar-refractivity contribution in [2.75, 3.05) is 37.1 Å². The Morgan fingerprint density at radius 2 is 2.10 bits per heavy atom. The Morgan fingerprint density at radius 3 is 2.67 bits per heavy atom. The number of amides is 1. The van der Waals surface area contributed by atoms with Gasteiger partial charge in [0.15, 0.2) is 0 Å². The summed E-state index contributed by atoms with van der Waals surface area (Å²) in [7, 11) is 1.66. The molecule has 9 heteroatoms. The van der Waals surface area contributed by atoms with E-state index in [-0.39, 0.29) is 23.8 Å². The van der Waals surface area contributed by atoms with Gasteiger partial charge in [-0.05, 0) is 19.8 Å². The van der Waals surface area contributed by atoms with Crippen molar-refractivity contribution in [1.29, 1.82) is 0 Å². The molecule has 0 radical (unpaired) electrons. The molecule has 0 unspecified atom stereocenters. The standard InChI is InChI=1S/C12H21N7O2/c1-3-21-12-16-10(18-13)15-11(17-12)19-6-4-8(5-7-19)9(20)14-2/h8H,3-7,13H2,1-2H3,(H,14,20)(H,15,16,17,18). The number of hydrogen-bond donors (Lipinski definition) is 3. The topological polar surface area (TPSA) is 118 Å². The van der Waals surface area contributed by atoms with Crippen LogP contribution in [-0.4, -0.2) is 47.6 Å². The Bertz CT molecular complexity index is 488. The van der Waals surface area contributed by atoms with E-state index in [1.807, 2.05) is 11.8 Å². The van der Waals surface area contributed by atoms with Crippen LogP contribution in [0.15, 0.2) is 0 Å². The van der Waals surface area contributed by atoms with Gasteiger partial charge in [0, 0.05) is 26.1 Å². The van der Waals surface area contributed by atoms with Crippen LogP contribution in [0, 0.1) is 5.92 Å². The van der Waals surface area contributed by atoms with E-state index in [0.29, 0.717) is 25.6 Å². The number of piperidine rings is 1. The van der Waals surface area contributed by atoms with E-state index in [4.69, 9.17) is 10.6 Å². The van der Waals surface area contributed by atoms with Crippen molar-refractivity contribution in [2.45, 2.75) is 19.8 Å². The maximum absolute atomic E-state index is 11.6. The van der Waals surface area contributed by atoms with Crippen molar-refractivity contribution in [3.63, 3.8) is 0 Å². The van der Waals surface area contributed by atoms with Gasteiger partial charge in [-0.15, -0.1) is 0 Å². The first kappa shape index (κ1) is 15.2. The van der Waals surface area contributed by atoms with E-state index in [0.717, 1.165) is 12.8 Å². The molecular formula is C12H21N7O2. The minimum absolute atomic E-state index is 0.0477. The average Bonchev–Trinajstić information content (AvgIpc) is 2.54. The number of rotatable bonds is 5. The summed E-state index contributed by atoms with van der Waals surface area (Å²) in [4.78, 5) is 26.2. The van der Waals surface area contributed by atoms with Crippen LogP contribution in [0.2, 0.25) is 0 Å². The Labute approximate surface area is 123 Å². The first-order chi connectivity index (χ1) is 10.2. The minimum atomic E-state index is 0.0477. The second kappa shape index (κ2) is 7.02. The van der Waals surface area contributed by atoms with Gasteiger partial charge in [0.05, 0.1) is 6.61 Å². The molecule has 21 heavy (non-hydrogen) atoms. The number of aromatic nitrogens is 3. The van der Waals surface area contributed by atoms with Gasteiger partial charge in [-0.1, -0.05) is 0 Å². The quantitative estimate of drug-likeness (QED) is 0.492. The molecule has 2 rings (SSSR count). The number of carbonyl (C=O) groups excluding carboxylic acids is 1. The molecule has 0 saturated carbocycles. The van der Waals surface area contributed by atoms with Gasteiger partial charge < -0.3 is 15.0 Å². The third kappa shape index (κ3) is 3.69. The second-order valence-corrected chi connectivity index (χ2v) is 4.69. The zero-order chi connectivity index (χ0) is 15.2. The number of hydrogen-bond acceptors (Lipinski definition) is 8. The number of anilines is 2. The lowest BCUT2D eigenvalue weighted by Crippen LogP contribution is -2.40. The molecule has 4 N–H and O–H groups in total. The molecule has 1 aromatic heterocycles. The van der Waals surface area contributed by atoms with Gasteiger partial charge in [0.1, 0.15) is 0 Å².